The van der Waals surface area contributed by atoms with E-state index < -0.39 is 67.3 Å². The van der Waals surface area contributed by atoms with Gasteiger partial charge in [0.15, 0.2) is 24.6 Å². The molecule has 0 saturated carbocycles. The highest BCUT2D eigenvalue weighted by atomic mass is 16.7. The standard InChI is InChI=1S/C65H100O12/c1-4-7-10-13-16-19-22-24-26-28-29-31-32-34-37-39-42-45-48-51-57(66)73-54-56(75-58(67)52-49-46-43-40-36-21-18-15-12-9-6-3)55-74-65-63(61(70)60(69)62(77-65)64(71)72)76-59(68)53-50-47-44-41-38-35-33-30-27-25-23-20-17-14-11-8-5-2/h7-8,10-11,15-20,24-27,29,31,33-35,37,41,44,56,60-63,65,69-70H,4-6,9,12-14,21-23,28,30,32,36,38-40,42-43,45-55H2,1-3H3,(H,71,72)/b10-7-,11-8-,18-15-,19-16-,20-17-,26-24-,27-25-,31-29-,35-33-,37-34-,44-41-. The van der Waals surface area contributed by atoms with Gasteiger partial charge in [0.25, 0.3) is 0 Å². The summed E-state index contributed by atoms with van der Waals surface area (Å²) in [6, 6.07) is 0. The molecule has 0 aromatic carbocycles. The Balaban J connectivity index is 2.74. The largest absolute Gasteiger partial charge is 0.479 e. The first-order chi connectivity index (χ1) is 37.6. The fourth-order valence-corrected chi connectivity index (χ4v) is 7.76. The van der Waals surface area contributed by atoms with Crippen molar-refractivity contribution >= 4 is 23.9 Å². The van der Waals surface area contributed by atoms with Gasteiger partial charge in [0, 0.05) is 19.3 Å². The van der Waals surface area contributed by atoms with Crippen molar-refractivity contribution in [1.82, 2.24) is 0 Å². The number of hydrogen-bond donors (Lipinski definition) is 3. The monoisotopic (exact) mass is 1070 g/mol. The summed E-state index contributed by atoms with van der Waals surface area (Å²) >= 11 is 0. The van der Waals surface area contributed by atoms with Crippen molar-refractivity contribution in [3.05, 3.63) is 134 Å². The van der Waals surface area contributed by atoms with Crippen LogP contribution in [0.4, 0.5) is 0 Å². The van der Waals surface area contributed by atoms with E-state index in [2.05, 4.69) is 142 Å². The quantitative estimate of drug-likeness (QED) is 0.0228. The lowest BCUT2D eigenvalue weighted by atomic mass is 9.98. The summed E-state index contributed by atoms with van der Waals surface area (Å²) in [6.07, 6.45) is 60.0. The van der Waals surface area contributed by atoms with E-state index >= 15 is 0 Å². The molecule has 1 rings (SSSR count). The molecule has 0 spiro atoms. The van der Waals surface area contributed by atoms with E-state index in [0.717, 1.165) is 122 Å². The van der Waals surface area contributed by atoms with Crippen molar-refractivity contribution < 1.29 is 58.2 Å². The molecule has 432 valence electrons. The van der Waals surface area contributed by atoms with E-state index in [1.165, 1.54) is 12.8 Å². The number of unbranched alkanes of at least 4 members (excludes halogenated alkanes) is 11. The van der Waals surface area contributed by atoms with Crippen LogP contribution >= 0.6 is 0 Å². The molecule has 1 heterocycles. The Hall–Kier alpha value is -5.14. The van der Waals surface area contributed by atoms with Crippen LogP contribution in [0.1, 0.15) is 201 Å². The van der Waals surface area contributed by atoms with Gasteiger partial charge < -0.3 is 39.0 Å². The van der Waals surface area contributed by atoms with Crippen LogP contribution in [-0.4, -0.2) is 89.2 Å². The maximum absolute atomic E-state index is 13.1. The van der Waals surface area contributed by atoms with E-state index in [1.54, 1.807) is 0 Å². The fourth-order valence-electron chi connectivity index (χ4n) is 7.76. The molecule has 6 unspecified atom stereocenters. The van der Waals surface area contributed by atoms with Gasteiger partial charge in [-0.25, -0.2) is 4.79 Å². The summed E-state index contributed by atoms with van der Waals surface area (Å²) in [4.78, 5) is 51.1. The zero-order valence-corrected chi connectivity index (χ0v) is 47.4. The van der Waals surface area contributed by atoms with Crippen molar-refractivity contribution in [3.63, 3.8) is 0 Å². The minimum atomic E-state index is -1.93. The molecule has 1 aliphatic heterocycles. The van der Waals surface area contributed by atoms with Crippen molar-refractivity contribution in [2.45, 2.75) is 237 Å². The first-order valence-corrected chi connectivity index (χ1v) is 29.2. The lowest BCUT2D eigenvalue weighted by Crippen LogP contribution is -2.61. The molecule has 6 atom stereocenters. The van der Waals surface area contributed by atoms with Crippen LogP contribution in [0.2, 0.25) is 0 Å². The highest BCUT2D eigenvalue weighted by Gasteiger charge is 2.50. The zero-order chi connectivity index (χ0) is 56.1. The highest BCUT2D eigenvalue weighted by Crippen LogP contribution is 2.26. The third-order valence-electron chi connectivity index (χ3n) is 12.2. The first kappa shape index (κ1) is 69.9. The molecular formula is C65H100O12. The molecule has 0 amide bonds. The molecule has 12 nitrogen and oxygen atoms in total. The zero-order valence-electron chi connectivity index (χ0n) is 47.4. The van der Waals surface area contributed by atoms with Gasteiger partial charge in [-0.05, 0) is 122 Å². The second-order valence-electron chi connectivity index (χ2n) is 19.2. The van der Waals surface area contributed by atoms with Crippen LogP contribution in [0.3, 0.4) is 0 Å². The number of esters is 3. The Morgan fingerprint density at radius 2 is 0.831 bits per heavy atom. The Kier molecular flexibility index (Phi) is 46.8. The second-order valence-corrected chi connectivity index (χ2v) is 19.2. The van der Waals surface area contributed by atoms with Gasteiger partial charge in [-0.15, -0.1) is 0 Å². The molecule has 1 fully saturated rings. The number of carboxylic acid groups (broad SMARTS) is 1. The Labute approximate surface area is 464 Å². The Bertz CT molecular complexity index is 1850. The predicted octanol–water partition coefficient (Wildman–Crippen LogP) is 15.0. The molecule has 0 aromatic rings. The predicted molar refractivity (Wildman–Crippen MR) is 312 cm³/mol. The Morgan fingerprint density at radius 1 is 0.442 bits per heavy atom. The van der Waals surface area contributed by atoms with E-state index in [9.17, 15) is 34.5 Å². The molecule has 3 N–H and O–H groups in total. The normalized spacial score (nSPS) is 19.0. The van der Waals surface area contributed by atoms with Crippen LogP contribution in [-0.2, 0) is 42.9 Å². The molecule has 0 bridgehead atoms. The van der Waals surface area contributed by atoms with Crippen molar-refractivity contribution in [2.75, 3.05) is 13.2 Å². The molecule has 1 saturated heterocycles. The van der Waals surface area contributed by atoms with Gasteiger partial charge in [-0.2, -0.15) is 0 Å². The molecular weight excluding hydrogens is 973 g/mol. The number of carbonyl (C=O) groups is 4. The number of allylic oxidation sites excluding steroid dienone is 22. The number of rotatable bonds is 47. The number of aliphatic carboxylic acids is 1. The van der Waals surface area contributed by atoms with Gasteiger partial charge in [0.1, 0.15) is 18.8 Å². The summed E-state index contributed by atoms with van der Waals surface area (Å²) in [5.74, 6) is -3.28. The van der Waals surface area contributed by atoms with Crippen molar-refractivity contribution in [3.8, 4) is 0 Å². The topological polar surface area (TPSA) is 175 Å². The van der Waals surface area contributed by atoms with Gasteiger partial charge in [-0.3, -0.25) is 14.4 Å². The maximum atomic E-state index is 13.1. The van der Waals surface area contributed by atoms with Crippen LogP contribution in [0, 0.1) is 0 Å². The molecule has 0 aliphatic carbocycles. The van der Waals surface area contributed by atoms with Crippen LogP contribution in [0.25, 0.3) is 0 Å². The Morgan fingerprint density at radius 3 is 1.31 bits per heavy atom. The molecule has 0 radical (unpaired) electrons. The summed E-state index contributed by atoms with van der Waals surface area (Å²) < 4.78 is 28.3. The number of carboxylic acids is 1. The summed E-state index contributed by atoms with van der Waals surface area (Å²) in [6.45, 7) is 5.64. The van der Waals surface area contributed by atoms with Crippen LogP contribution in [0.5, 0.6) is 0 Å². The molecule has 0 aromatic heterocycles. The average molecular weight is 1070 g/mol. The average Bonchev–Trinajstić information content (AvgIpc) is 3.41. The smallest absolute Gasteiger partial charge is 0.335 e. The fraction of sp³-hybridized carbons (Fsp3) is 0.600. The van der Waals surface area contributed by atoms with E-state index in [0.29, 0.717) is 25.7 Å². The van der Waals surface area contributed by atoms with Gasteiger partial charge in [0.2, 0.25) is 0 Å². The number of ether oxygens (including phenoxy) is 5. The van der Waals surface area contributed by atoms with E-state index in [4.69, 9.17) is 23.7 Å². The third kappa shape index (κ3) is 41.6. The SMILES string of the molecule is CC/C=C\C/C=C\C/C=C\C/C=C\C/C=C\CCCCCC(=O)OCC(COC1OC(C(=O)O)C(O)C(O)C1OC(=O)CCC/C=C\C/C=C\C/C=C\C/C=C\C/C=C\CC)OC(=O)CCCCCCC/C=C\CCCC. The number of aliphatic hydroxyl groups excluding tert-OH is 2. The minimum absolute atomic E-state index is 0.0294. The molecule has 12 heteroatoms. The lowest BCUT2D eigenvalue weighted by Gasteiger charge is -2.40. The van der Waals surface area contributed by atoms with E-state index in [1.807, 2.05) is 12.2 Å². The summed E-state index contributed by atoms with van der Waals surface area (Å²) in [5, 5.41) is 31.4. The number of hydrogen-bond acceptors (Lipinski definition) is 11. The van der Waals surface area contributed by atoms with Crippen molar-refractivity contribution in [1.29, 1.82) is 0 Å². The summed E-state index contributed by atoms with van der Waals surface area (Å²) in [7, 11) is 0. The lowest BCUT2D eigenvalue weighted by molar-refractivity contribution is -0.301. The van der Waals surface area contributed by atoms with E-state index in [-0.39, 0.29) is 25.9 Å². The van der Waals surface area contributed by atoms with Gasteiger partial charge >= 0.3 is 23.9 Å². The van der Waals surface area contributed by atoms with Crippen LogP contribution in [0.15, 0.2) is 134 Å². The van der Waals surface area contributed by atoms with Gasteiger partial charge in [-0.1, -0.05) is 193 Å². The maximum Gasteiger partial charge on any atom is 0.335 e. The highest BCUT2D eigenvalue weighted by molar-refractivity contribution is 5.74. The van der Waals surface area contributed by atoms with Gasteiger partial charge in [0.05, 0.1) is 6.61 Å². The molecule has 1 aliphatic rings. The summed E-state index contributed by atoms with van der Waals surface area (Å²) in [5.41, 5.74) is 0. The van der Waals surface area contributed by atoms with Crippen molar-refractivity contribution in [2.24, 2.45) is 0 Å². The third-order valence-corrected chi connectivity index (χ3v) is 12.2. The number of carbonyl (C=O) groups excluding carboxylic acids is 3. The number of aliphatic hydroxyl groups is 2. The van der Waals surface area contributed by atoms with Crippen LogP contribution < -0.4 is 0 Å². The molecule has 77 heavy (non-hydrogen) atoms. The minimum Gasteiger partial charge on any atom is -0.479 e. The first-order valence-electron chi connectivity index (χ1n) is 29.2. The second kappa shape index (κ2) is 51.6.